The lowest BCUT2D eigenvalue weighted by molar-refractivity contribution is 0.0723. The smallest absolute Gasteiger partial charge is 0.253 e. The van der Waals surface area contributed by atoms with E-state index in [9.17, 15) is 9.59 Å². The molecule has 148 valence electrons. The van der Waals surface area contributed by atoms with Gasteiger partial charge in [0, 0.05) is 30.8 Å². The highest BCUT2D eigenvalue weighted by molar-refractivity contribution is 5.97. The highest BCUT2D eigenvalue weighted by Gasteiger charge is 2.18. The molecule has 6 nitrogen and oxygen atoms in total. The Bertz CT molecular complexity index is 827. The van der Waals surface area contributed by atoms with Crippen molar-refractivity contribution < 1.29 is 19.1 Å². The van der Waals surface area contributed by atoms with Crippen LogP contribution in [-0.4, -0.2) is 44.0 Å². The molecular formula is C22H26N2O4. The molecule has 3 rings (SSSR count). The fourth-order valence-corrected chi connectivity index (χ4v) is 3.32. The highest BCUT2D eigenvalue weighted by Crippen LogP contribution is 2.27. The van der Waals surface area contributed by atoms with Crippen molar-refractivity contribution in [2.75, 3.05) is 27.3 Å². The van der Waals surface area contributed by atoms with Crippen LogP contribution < -0.4 is 14.8 Å². The molecule has 2 aromatic rings. The van der Waals surface area contributed by atoms with E-state index in [2.05, 4.69) is 5.32 Å². The number of likely N-dealkylation sites (tertiary alicyclic amines) is 1. The van der Waals surface area contributed by atoms with E-state index in [0.29, 0.717) is 29.2 Å². The Labute approximate surface area is 165 Å². The number of ether oxygens (including phenoxy) is 2. The summed E-state index contributed by atoms with van der Waals surface area (Å²) in [6.45, 7) is 1.99. The molecule has 0 aromatic heterocycles. The molecule has 1 saturated heterocycles. The number of hydrogen-bond donors (Lipinski definition) is 1. The first-order valence-corrected chi connectivity index (χ1v) is 9.51. The fourth-order valence-electron chi connectivity index (χ4n) is 3.32. The van der Waals surface area contributed by atoms with E-state index in [0.717, 1.165) is 31.5 Å². The van der Waals surface area contributed by atoms with Crippen molar-refractivity contribution in [2.24, 2.45) is 0 Å². The van der Waals surface area contributed by atoms with Gasteiger partial charge in [-0.25, -0.2) is 0 Å². The monoisotopic (exact) mass is 382 g/mol. The molecule has 0 saturated carbocycles. The predicted octanol–water partition coefficient (Wildman–Crippen LogP) is 3.26. The summed E-state index contributed by atoms with van der Waals surface area (Å²) in [5.41, 5.74) is 2.05. The topological polar surface area (TPSA) is 67.9 Å². The molecule has 2 amide bonds. The summed E-state index contributed by atoms with van der Waals surface area (Å²) in [5.74, 6) is 1.12. The van der Waals surface area contributed by atoms with Gasteiger partial charge in [0.1, 0.15) is 0 Å². The molecule has 1 fully saturated rings. The Morgan fingerprint density at radius 2 is 1.54 bits per heavy atom. The molecule has 1 heterocycles. The molecule has 0 radical (unpaired) electrons. The highest BCUT2D eigenvalue weighted by atomic mass is 16.5. The van der Waals surface area contributed by atoms with Crippen molar-refractivity contribution >= 4 is 11.8 Å². The molecule has 28 heavy (non-hydrogen) atoms. The first-order chi connectivity index (χ1) is 13.6. The van der Waals surface area contributed by atoms with E-state index in [1.165, 1.54) is 6.42 Å². The van der Waals surface area contributed by atoms with Crippen molar-refractivity contribution in [2.45, 2.75) is 25.8 Å². The van der Waals surface area contributed by atoms with Gasteiger partial charge in [0.05, 0.1) is 14.2 Å². The van der Waals surface area contributed by atoms with Crippen LogP contribution in [0.1, 0.15) is 45.5 Å². The molecule has 0 aliphatic carbocycles. The van der Waals surface area contributed by atoms with Gasteiger partial charge in [0.25, 0.3) is 11.8 Å². The summed E-state index contributed by atoms with van der Waals surface area (Å²) in [6.07, 6.45) is 3.30. The van der Waals surface area contributed by atoms with Gasteiger partial charge in [0.2, 0.25) is 0 Å². The van der Waals surface area contributed by atoms with E-state index in [4.69, 9.17) is 9.47 Å². The van der Waals surface area contributed by atoms with Gasteiger partial charge in [-0.05, 0) is 61.2 Å². The largest absolute Gasteiger partial charge is 0.493 e. The second-order valence-corrected chi connectivity index (χ2v) is 6.80. The average Bonchev–Trinajstić information content (AvgIpc) is 2.77. The lowest BCUT2D eigenvalue weighted by Gasteiger charge is -2.26. The van der Waals surface area contributed by atoms with Gasteiger partial charge in [0.15, 0.2) is 11.5 Å². The van der Waals surface area contributed by atoms with Crippen LogP contribution in [0, 0.1) is 0 Å². The zero-order valence-electron chi connectivity index (χ0n) is 16.4. The Balaban J connectivity index is 1.59. The van der Waals surface area contributed by atoms with E-state index in [1.54, 1.807) is 44.6 Å². The van der Waals surface area contributed by atoms with Crippen molar-refractivity contribution in [3.05, 3.63) is 59.2 Å². The molecular weight excluding hydrogens is 356 g/mol. The number of rotatable bonds is 6. The molecule has 0 bridgehead atoms. The van der Waals surface area contributed by atoms with E-state index in [-0.39, 0.29) is 11.8 Å². The number of amides is 2. The van der Waals surface area contributed by atoms with Crippen molar-refractivity contribution in [1.82, 2.24) is 10.2 Å². The maximum Gasteiger partial charge on any atom is 0.253 e. The molecule has 0 unspecified atom stereocenters. The quantitative estimate of drug-likeness (QED) is 0.833. The van der Waals surface area contributed by atoms with Crippen LogP contribution in [0.3, 0.4) is 0 Å². The van der Waals surface area contributed by atoms with Crippen LogP contribution in [0.2, 0.25) is 0 Å². The normalized spacial score (nSPS) is 13.7. The maximum atomic E-state index is 12.5. The Hall–Kier alpha value is -3.02. The Morgan fingerprint density at radius 3 is 2.18 bits per heavy atom. The summed E-state index contributed by atoms with van der Waals surface area (Å²) < 4.78 is 10.5. The number of nitrogens with one attached hydrogen (secondary N) is 1. The molecule has 1 aliphatic heterocycles. The van der Waals surface area contributed by atoms with Crippen LogP contribution in [0.15, 0.2) is 42.5 Å². The van der Waals surface area contributed by atoms with Crippen molar-refractivity contribution in [3.63, 3.8) is 0 Å². The van der Waals surface area contributed by atoms with Crippen LogP contribution in [-0.2, 0) is 6.54 Å². The molecule has 1 N–H and O–H groups in total. The minimum Gasteiger partial charge on any atom is -0.493 e. The van der Waals surface area contributed by atoms with Gasteiger partial charge >= 0.3 is 0 Å². The SMILES string of the molecule is COc1ccc(CNC(=O)c2ccc(C(=O)N3CCCCC3)cc2)cc1OC. The number of piperidine rings is 1. The third-order valence-corrected chi connectivity index (χ3v) is 4.94. The van der Waals surface area contributed by atoms with Gasteiger partial charge in [-0.15, -0.1) is 0 Å². The maximum absolute atomic E-state index is 12.5. The minimum absolute atomic E-state index is 0.0389. The van der Waals surface area contributed by atoms with Gasteiger partial charge in [-0.2, -0.15) is 0 Å². The number of carbonyl (C=O) groups is 2. The summed E-state index contributed by atoms with van der Waals surface area (Å²) in [6, 6.07) is 12.4. The number of hydrogen-bond acceptors (Lipinski definition) is 4. The molecule has 1 aliphatic rings. The van der Waals surface area contributed by atoms with Crippen LogP contribution in [0.25, 0.3) is 0 Å². The lowest BCUT2D eigenvalue weighted by atomic mass is 10.1. The number of carbonyl (C=O) groups excluding carboxylic acids is 2. The second-order valence-electron chi connectivity index (χ2n) is 6.80. The molecule has 0 atom stereocenters. The number of nitrogens with zero attached hydrogens (tertiary/aromatic N) is 1. The van der Waals surface area contributed by atoms with E-state index in [1.807, 2.05) is 17.0 Å². The standard InChI is InChI=1S/C22H26N2O4/c1-27-19-11-6-16(14-20(19)28-2)15-23-21(25)17-7-9-18(10-8-17)22(26)24-12-4-3-5-13-24/h6-11,14H,3-5,12-13,15H2,1-2H3,(H,23,25). The zero-order chi connectivity index (χ0) is 19.9. The van der Waals surface area contributed by atoms with Crippen molar-refractivity contribution in [3.8, 4) is 11.5 Å². The summed E-state index contributed by atoms with van der Waals surface area (Å²) >= 11 is 0. The average molecular weight is 382 g/mol. The summed E-state index contributed by atoms with van der Waals surface area (Å²) in [7, 11) is 3.16. The van der Waals surface area contributed by atoms with Crippen molar-refractivity contribution in [1.29, 1.82) is 0 Å². The van der Waals surface area contributed by atoms with Gasteiger partial charge in [-0.3, -0.25) is 9.59 Å². The molecule has 0 spiro atoms. The van der Waals surface area contributed by atoms with Crippen LogP contribution in [0.5, 0.6) is 11.5 Å². The van der Waals surface area contributed by atoms with Crippen LogP contribution >= 0.6 is 0 Å². The number of benzene rings is 2. The van der Waals surface area contributed by atoms with E-state index >= 15 is 0 Å². The molecule has 6 heteroatoms. The Morgan fingerprint density at radius 1 is 0.893 bits per heavy atom. The summed E-state index contributed by atoms with van der Waals surface area (Å²) in [4.78, 5) is 26.8. The summed E-state index contributed by atoms with van der Waals surface area (Å²) in [5, 5.41) is 2.89. The fraction of sp³-hybridized carbons (Fsp3) is 0.364. The Kier molecular flexibility index (Phi) is 6.53. The zero-order valence-corrected chi connectivity index (χ0v) is 16.4. The lowest BCUT2D eigenvalue weighted by Crippen LogP contribution is -2.35. The van der Waals surface area contributed by atoms with Crippen LogP contribution in [0.4, 0.5) is 0 Å². The second kappa shape index (κ2) is 9.26. The number of methoxy groups -OCH3 is 2. The third kappa shape index (κ3) is 4.63. The first-order valence-electron chi connectivity index (χ1n) is 9.51. The third-order valence-electron chi connectivity index (χ3n) is 4.94. The first kappa shape index (κ1) is 19.7. The minimum atomic E-state index is -0.188. The predicted molar refractivity (Wildman–Crippen MR) is 107 cm³/mol. The van der Waals surface area contributed by atoms with Gasteiger partial charge < -0.3 is 19.7 Å². The molecule has 2 aromatic carbocycles. The van der Waals surface area contributed by atoms with E-state index < -0.39 is 0 Å². The van der Waals surface area contributed by atoms with Gasteiger partial charge in [-0.1, -0.05) is 6.07 Å².